The molecule has 0 saturated heterocycles. The fourth-order valence-electron chi connectivity index (χ4n) is 1.84. The van der Waals surface area contributed by atoms with Crippen LogP contribution in [0.3, 0.4) is 0 Å². The molecule has 0 spiro atoms. The van der Waals surface area contributed by atoms with Crippen molar-refractivity contribution in [2.75, 3.05) is 0 Å². The van der Waals surface area contributed by atoms with E-state index in [4.69, 9.17) is 0 Å². The molecule has 0 aliphatic heterocycles. The largest absolute Gasteiger partial charge is 0.331 e. The van der Waals surface area contributed by atoms with Crippen LogP contribution >= 0.6 is 0 Å². The van der Waals surface area contributed by atoms with Gasteiger partial charge in [0.1, 0.15) is 0 Å². The van der Waals surface area contributed by atoms with Crippen molar-refractivity contribution in [2.24, 2.45) is 0 Å². The molecular formula is C12H7F2N3O. The first-order valence-corrected chi connectivity index (χ1v) is 5.18. The summed E-state index contributed by atoms with van der Waals surface area (Å²) in [5, 5.41) is 0. The number of hydrogen-bond donors (Lipinski definition) is 1. The molecule has 0 fully saturated rings. The molecule has 0 aliphatic carbocycles. The molecule has 1 N–H and O–H groups in total. The normalized spacial score (nSPS) is 11.0. The maximum Gasteiger partial charge on any atom is 0.331 e. The number of H-pyrrole nitrogens is 1. The first-order chi connectivity index (χ1) is 8.66. The summed E-state index contributed by atoms with van der Waals surface area (Å²) < 4.78 is 27.2. The van der Waals surface area contributed by atoms with Gasteiger partial charge in [0, 0.05) is 6.07 Å². The van der Waals surface area contributed by atoms with Gasteiger partial charge in [0.15, 0.2) is 5.82 Å². The Morgan fingerprint density at radius 3 is 2.78 bits per heavy atom. The van der Waals surface area contributed by atoms with Crippen LogP contribution in [0.4, 0.5) is 8.78 Å². The Bertz CT molecular complexity index is 791. The molecule has 0 atom stereocenters. The molecule has 3 aromatic rings. The highest BCUT2D eigenvalue weighted by Gasteiger charge is 2.11. The molecule has 18 heavy (non-hydrogen) atoms. The molecule has 1 aromatic carbocycles. The molecule has 3 rings (SSSR count). The zero-order chi connectivity index (χ0) is 12.7. The minimum Gasteiger partial charge on any atom is -0.305 e. The van der Waals surface area contributed by atoms with E-state index in [2.05, 4.69) is 9.97 Å². The lowest BCUT2D eigenvalue weighted by atomic mass is 10.3. The van der Waals surface area contributed by atoms with Gasteiger partial charge in [-0.05, 0) is 12.1 Å². The van der Waals surface area contributed by atoms with E-state index in [1.54, 1.807) is 24.3 Å². The van der Waals surface area contributed by atoms with Gasteiger partial charge in [-0.3, -0.25) is 4.57 Å². The summed E-state index contributed by atoms with van der Waals surface area (Å²) in [5.41, 5.74) is 0.947. The molecule has 2 heterocycles. The van der Waals surface area contributed by atoms with Crippen LogP contribution in [0.15, 0.2) is 41.3 Å². The zero-order valence-electron chi connectivity index (χ0n) is 9.02. The Morgan fingerprint density at radius 2 is 2.00 bits per heavy atom. The minimum absolute atomic E-state index is 0.177. The van der Waals surface area contributed by atoms with E-state index in [0.29, 0.717) is 11.0 Å². The second-order valence-corrected chi connectivity index (χ2v) is 3.75. The summed E-state index contributed by atoms with van der Waals surface area (Å²) in [6.45, 7) is 0. The highest BCUT2D eigenvalue weighted by Crippen LogP contribution is 2.15. The van der Waals surface area contributed by atoms with Gasteiger partial charge in [0.05, 0.1) is 22.9 Å². The van der Waals surface area contributed by atoms with Gasteiger partial charge in [-0.2, -0.15) is 4.39 Å². The fourth-order valence-corrected chi connectivity index (χ4v) is 1.84. The van der Waals surface area contributed by atoms with Crippen molar-refractivity contribution in [3.63, 3.8) is 0 Å². The van der Waals surface area contributed by atoms with Crippen LogP contribution in [-0.4, -0.2) is 14.5 Å². The smallest absolute Gasteiger partial charge is 0.305 e. The Balaban J connectivity index is 2.34. The quantitative estimate of drug-likeness (QED) is 0.668. The molecule has 0 amide bonds. The van der Waals surface area contributed by atoms with Crippen molar-refractivity contribution in [2.45, 2.75) is 0 Å². The van der Waals surface area contributed by atoms with Crippen LogP contribution in [-0.2, 0) is 0 Å². The molecular weight excluding hydrogens is 240 g/mol. The standard InChI is InChI=1S/C12H7F2N3O/c13-8-5-7(6-15-11(8)14)17-10-4-2-1-3-9(10)16-12(17)18/h1-6H,(H,16,18). The Labute approximate surface area is 99.5 Å². The van der Waals surface area contributed by atoms with Crippen molar-refractivity contribution >= 4 is 11.0 Å². The van der Waals surface area contributed by atoms with Gasteiger partial charge in [0.2, 0.25) is 5.95 Å². The molecule has 0 bridgehead atoms. The monoisotopic (exact) mass is 247 g/mol. The number of hydrogen-bond acceptors (Lipinski definition) is 2. The number of nitrogens with zero attached hydrogens (tertiary/aromatic N) is 2. The number of para-hydroxylation sites is 2. The van der Waals surface area contributed by atoms with Gasteiger partial charge < -0.3 is 4.98 Å². The maximum atomic E-state index is 13.1. The lowest BCUT2D eigenvalue weighted by Gasteiger charge is -2.02. The molecule has 4 nitrogen and oxygen atoms in total. The predicted molar refractivity (Wildman–Crippen MR) is 61.6 cm³/mol. The second-order valence-electron chi connectivity index (χ2n) is 3.75. The van der Waals surface area contributed by atoms with Crippen LogP contribution in [0, 0.1) is 11.8 Å². The first-order valence-electron chi connectivity index (χ1n) is 5.18. The predicted octanol–water partition coefficient (Wildman–Crippen LogP) is 1.99. The average molecular weight is 247 g/mol. The fraction of sp³-hybridized carbons (Fsp3) is 0. The third-order valence-corrected chi connectivity index (χ3v) is 2.63. The van der Waals surface area contributed by atoms with Crippen molar-refractivity contribution in [1.82, 2.24) is 14.5 Å². The van der Waals surface area contributed by atoms with Crippen LogP contribution < -0.4 is 5.69 Å². The van der Waals surface area contributed by atoms with E-state index in [1.807, 2.05) is 0 Å². The molecule has 0 saturated carbocycles. The van der Waals surface area contributed by atoms with E-state index in [9.17, 15) is 13.6 Å². The lowest BCUT2D eigenvalue weighted by molar-refractivity contribution is 0.478. The average Bonchev–Trinajstić information content (AvgIpc) is 2.69. The van der Waals surface area contributed by atoms with Crippen molar-refractivity contribution in [3.05, 3.63) is 58.8 Å². The van der Waals surface area contributed by atoms with Gasteiger partial charge >= 0.3 is 5.69 Å². The summed E-state index contributed by atoms with van der Waals surface area (Å²) in [5.74, 6) is -2.28. The van der Waals surface area contributed by atoms with E-state index < -0.39 is 17.5 Å². The van der Waals surface area contributed by atoms with Crippen LogP contribution in [0.2, 0.25) is 0 Å². The van der Waals surface area contributed by atoms with Crippen LogP contribution in [0.1, 0.15) is 0 Å². The number of halogens is 2. The topological polar surface area (TPSA) is 50.7 Å². The Hall–Kier alpha value is -2.50. The first kappa shape index (κ1) is 10.6. The maximum absolute atomic E-state index is 13.1. The molecule has 6 heteroatoms. The number of pyridine rings is 1. The number of aromatic nitrogens is 3. The molecule has 0 radical (unpaired) electrons. The van der Waals surface area contributed by atoms with Gasteiger partial charge in [0.25, 0.3) is 0 Å². The third-order valence-electron chi connectivity index (χ3n) is 2.63. The highest BCUT2D eigenvalue weighted by molar-refractivity contribution is 5.76. The van der Waals surface area contributed by atoms with E-state index in [-0.39, 0.29) is 5.69 Å². The molecule has 90 valence electrons. The summed E-state index contributed by atoms with van der Waals surface area (Å²) in [6.07, 6.45) is 1.11. The molecule has 2 aromatic heterocycles. The van der Waals surface area contributed by atoms with Gasteiger partial charge in [-0.25, -0.2) is 14.2 Å². The minimum atomic E-state index is -1.19. The zero-order valence-corrected chi connectivity index (χ0v) is 9.02. The molecule has 0 unspecified atom stereocenters. The number of nitrogens with one attached hydrogen (secondary N) is 1. The van der Waals surface area contributed by atoms with Gasteiger partial charge in [-0.15, -0.1) is 0 Å². The summed E-state index contributed by atoms with van der Waals surface area (Å²) >= 11 is 0. The Kier molecular flexibility index (Phi) is 2.22. The van der Waals surface area contributed by atoms with Crippen LogP contribution in [0.25, 0.3) is 16.7 Å². The number of rotatable bonds is 1. The number of benzene rings is 1. The van der Waals surface area contributed by atoms with Crippen molar-refractivity contribution < 1.29 is 8.78 Å². The highest BCUT2D eigenvalue weighted by atomic mass is 19.2. The summed E-state index contributed by atoms with van der Waals surface area (Å²) in [6, 6.07) is 7.88. The SMILES string of the molecule is O=c1[nH]c2ccccc2n1-c1cnc(F)c(F)c1. The van der Waals surface area contributed by atoms with Crippen LogP contribution in [0.5, 0.6) is 0 Å². The Morgan fingerprint density at radius 1 is 1.22 bits per heavy atom. The van der Waals surface area contributed by atoms with Crippen molar-refractivity contribution in [1.29, 1.82) is 0 Å². The van der Waals surface area contributed by atoms with Crippen molar-refractivity contribution in [3.8, 4) is 5.69 Å². The van der Waals surface area contributed by atoms with E-state index in [0.717, 1.165) is 12.3 Å². The van der Waals surface area contributed by atoms with Gasteiger partial charge in [-0.1, -0.05) is 12.1 Å². The number of imidazole rings is 1. The number of fused-ring (bicyclic) bond motifs is 1. The number of aromatic amines is 1. The third kappa shape index (κ3) is 1.50. The molecule has 0 aliphatic rings. The van der Waals surface area contributed by atoms with E-state index >= 15 is 0 Å². The van der Waals surface area contributed by atoms with E-state index in [1.165, 1.54) is 4.57 Å². The summed E-state index contributed by atoms with van der Waals surface area (Å²) in [4.78, 5) is 17.7. The second kappa shape index (κ2) is 3.76. The lowest BCUT2D eigenvalue weighted by Crippen LogP contribution is -2.15. The summed E-state index contributed by atoms with van der Waals surface area (Å²) in [7, 11) is 0.